The van der Waals surface area contributed by atoms with Crippen LogP contribution in [0.3, 0.4) is 0 Å². The number of halogens is 4. The molecular weight excluding hydrogens is 591 g/mol. The maximum Gasteiger partial charge on any atom is 0.418 e. The van der Waals surface area contributed by atoms with Crippen molar-refractivity contribution in [2.75, 3.05) is 30.4 Å². The smallest absolute Gasteiger partial charge is 0.371 e. The lowest BCUT2D eigenvalue weighted by molar-refractivity contribution is -0.136. The summed E-state index contributed by atoms with van der Waals surface area (Å²) in [5.74, 6) is -0.101. The van der Waals surface area contributed by atoms with Gasteiger partial charge in [0.15, 0.2) is 0 Å². The predicted molar refractivity (Wildman–Crippen MR) is 165 cm³/mol. The predicted octanol–water partition coefficient (Wildman–Crippen LogP) is 7.46. The van der Waals surface area contributed by atoms with E-state index in [2.05, 4.69) is 38.7 Å². The van der Waals surface area contributed by atoms with Crippen LogP contribution in [-0.2, 0) is 12.6 Å². The Hall–Kier alpha value is -4.31. The molecule has 2 heterocycles. The van der Waals surface area contributed by atoms with Crippen LogP contribution in [0, 0.1) is 0 Å². The molecule has 0 bridgehead atoms. The van der Waals surface area contributed by atoms with Crippen molar-refractivity contribution in [3.05, 3.63) is 100 Å². The quantitative estimate of drug-likeness (QED) is 0.243. The van der Waals surface area contributed by atoms with Crippen molar-refractivity contribution in [1.29, 1.82) is 0 Å². The molecule has 1 unspecified atom stereocenters. The Morgan fingerprint density at radius 1 is 0.977 bits per heavy atom. The molecule has 228 valence electrons. The zero-order chi connectivity index (χ0) is 31.0. The number of nitrogens with zero attached hydrogens (tertiary/aromatic N) is 3. The van der Waals surface area contributed by atoms with Crippen LogP contribution < -0.4 is 15.5 Å². The lowest BCUT2D eigenvalue weighted by Gasteiger charge is -2.38. The third-order valence-corrected chi connectivity index (χ3v) is 8.87. The molecule has 1 aliphatic carbocycles. The van der Waals surface area contributed by atoms with Gasteiger partial charge in [0.25, 0.3) is 5.91 Å². The maximum atomic E-state index is 13.6. The second kappa shape index (κ2) is 12.0. The summed E-state index contributed by atoms with van der Waals surface area (Å²) in [4.78, 5) is 34.6. The normalized spacial score (nSPS) is 16.9. The number of amides is 3. The maximum absolute atomic E-state index is 13.6. The van der Waals surface area contributed by atoms with Gasteiger partial charge in [0.2, 0.25) is 0 Å². The molecule has 3 amide bonds. The van der Waals surface area contributed by atoms with Gasteiger partial charge in [-0.25, -0.2) is 4.79 Å². The summed E-state index contributed by atoms with van der Waals surface area (Å²) in [5.41, 5.74) is 2.06. The number of aromatic nitrogens is 1. The molecule has 3 aromatic carbocycles. The number of aryl methyl sites for hydroxylation is 1. The molecule has 1 aliphatic heterocycles. The SMILES string of the molecule is CN(C(=O)c1ccc2c(c1)C(NC(=O)Nc1ccc(Cl)cc1C(F)(F)F)CC2)C1CCN(c2ccc3cnccc3c2)CC1. The Kier molecular flexibility index (Phi) is 8.11. The highest BCUT2D eigenvalue weighted by Crippen LogP contribution is 2.37. The zero-order valence-electron chi connectivity index (χ0n) is 24.0. The van der Waals surface area contributed by atoms with Gasteiger partial charge in [-0.1, -0.05) is 23.7 Å². The fraction of sp³-hybridized carbons (Fsp3) is 0.303. The van der Waals surface area contributed by atoms with Gasteiger partial charge in [-0.05, 0) is 90.7 Å². The number of alkyl halides is 3. The Balaban J connectivity index is 1.09. The highest BCUT2D eigenvalue weighted by Gasteiger charge is 2.35. The molecule has 0 spiro atoms. The van der Waals surface area contributed by atoms with E-state index in [1.54, 1.807) is 17.2 Å². The number of hydrogen-bond donors (Lipinski definition) is 2. The molecule has 4 aromatic rings. The van der Waals surface area contributed by atoms with Gasteiger partial charge in [0, 0.05) is 60.2 Å². The minimum Gasteiger partial charge on any atom is -0.371 e. The van der Waals surface area contributed by atoms with Gasteiger partial charge in [-0.15, -0.1) is 0 Å². The average Bonchev–Trinajstić information content (AvgIpc) is 3.42. The summed E-state index contributed by atoms with van der Waals surface area (Å²) in [6.45, 7) is 1.65. The van der Waals surface area contributed by atoms with Crippen LogP contribution in [0.2, 0.25) is 5.02 Å². The first-order chi connectivity index (χ1) is 21.1. The minimum atomic E-state index is -4.68. The Labute approximate surface area is 258 Å². The van der Waals surface area contributed by atoms with Crippen molar-refractivity contribution in [3.8, 4) is 0 Å². The van der Waals surface area contributed by atoms with Crippen LogP contribution in [-0.4, -0.2) is 48.0 Å². The van der Waals surface area contributed by atoms with Crippen molar-refractivity contribution in [3.63, 3.8) is 0 Å². The van der Waals surface area contributed by atoms with Crippen molar-refractivity contribution >= 4 is 45.7 Å². The fourth-order valence-electron chi connectivity index (χ4n) is 6.21. The van der Waals surface area contributed by atoms with Gasteiger partial charge in [0.05, 0.1) is 17.3 Å². The zero-order valence-corrected chi connectivity index (χ0v) is 24.8. The number of piperidine rings is 1. The summed E-state index contributed by atoms with van der Waals surface area (Å²) in [5, 5.41) is 7.26. The molecule has 1 fully saturated rings. The van der Waals surface area contributed by atoms with Crippen molar-refractivity contribution < 1.29 is 22.8 Å². The number of carbonyl (C=O) groups excluding carboxylic acids is 2. The van der Waals surface area contributed by atoms with E-state index in [0.29, 0.717) is 18.4 Å². The molecule has 7 nitrogen and oxygen atoms in total. The number of nitrogens with one attached hydrogen (secondary N) is 2. The first-order valence-electron chi connectivity index (χ1n) is 14.5. The number of fused-ring (bicyclic) bond motifs is 2. The minimum absolute atomic E-state index is 0.0800. The largest absolute Gasteiger partial charge is 0.418 e. The number of hydrogen-bond acceptors (Lipinski definition) is 4. The lowest BCUT2D eigenvalue weighted by Crippen LogP contribution is -2.45. The lowest BCUT2D eigenvalue weighted by atomic mass is 10.00. The van der Waals surface area contributed by atoms with Gasteiger partial charge in [0.1, 0.15) is 0 Å². The molecule has 1 saturated heterocycles. The third kappa shape index (κ3) is 6.17. The van der Waals surface area contributed by atoms with Crippen LogP contribution in [0.25, 0.3) is 10.8 Å². The summed E-state index contributed by atoms with van der Waals surface area (Å²) >= 11 is 5.75. The van der Waals surface area contributed by atoms with Crippen molar-refractivity contribution in [2.24, 2.45) is 0 Å². The van der Waals surface area contributed by atoms with Gasteiger partial charge in [-0.3, -0.25) is 9.78 Å². The van der Waals surface area contributed by atoms with E-state index in [1.807, 2.05) is 31.4 Å². The molecule has 1 atom stereocenters. The fourth-order valence-corrected chi connectivity index (χ4v) is 6.38. The van der Waals surface area contributed by atoms with E-state index in [1.165, 1.54) is 6.07 Å². The topological polar surface area (TPSA) is 77.6 Å². The second-order valence-corrected chi connectivity index (χ2v) is 11.8. The van der Waals surface area contributed by atoms with Crippen LogP contribution in [0.4, 0.5) is 29.3 Å². The van der Waals surface area contributed by atoms with E-state index in [0.717, 1.165) is 65.7 Å². The van der Waals surface area contributed by atoms with Crippen molar-refractivity contribution in [2.45, 2.75) is 43.9 Å². The highest BCUT2D eigenvalue weighted by molar-refractivity contribution is 6.30. The van der Waals surface area contributed by atoms with Crippen LogP contribution >= 0.6 is 11.6 Å². The Bertz CT molecular complexity index is 1720. The summed E-state index contributed by atoms with van der Waals surface area (Å²) in [6.07, 6.45) is 1.88. The third-order valence-electron chi connectivity index (χ3n) is 8.63. The number of anilines is 2. The molecule has 44 heavy (non-hydrogen) atoms. The average molecular weight is 622 g/mol. The number of carbonyl (C=O) groups is 2. The molecule has 1 aromatic heterocycles. The van der Waals surface area contributed by atoms with Crippen LogP contribution in [0.5, 0.6) is 0 Å². The summed E-state index contributed by atoms with van der Waals surface area (Å²) in [6, 6.07) is 15.9. The van der Waals surface area contributed by atoms with E-state index in [9.17, 15) is 22.8 Å². The standard InChI is InChI=1S/C33H31ClF3N5O2/c1-41(25-11-14-42(15-12-25)26-7-4-23-19-38-13-10-21(23)16-26)31(43)22-3-2-20-5-8-29(27(20)17-22)39-32(44)40-30-9-6-24(34)18-28(30)33(35,36)37/h2-4,6-7,9-10,13,16-19,25,29H,5,8,11-12,14-15H2,1H3,(H2,39,40,44). The number of benzene rings is 3. The Morgan fingerprint density at radius 2 is 1.77 bits per heavy atom. The van der Waals surface area contributed by atoms with E-state index in [-0.39, 0.29) is 22.7 Å². The number of urea groups is 1. The number of rotatable bonds is 5. The molecule has 6 rings (SSSR count). The monoisotopic (exact) mass is 621 g/mol. The highest BCUT2D eigenvalue weighted by atomic mass is 35.5. The molecule has 2 N–H and O–H groups in total. The van der Waals surface area contributed by atoms with Crippen LogP contribution in [0.1, 0.15) is 52.4 Å². The molecule has 0 radical (unpaired) electrons. The summed E-state index contributed by atoms with van der Waals surface area (Å²) < 4.78 is 40.4. The molecular formula is C33H31ClF3N5O2. The van der Waals surface area contributed by atoms with Crippen LogP contribution in [0.15, 0.2) is 73.1 Å². The molecule has 0 saturated carbocycles. The second-order valence-electron chi connectivity index (χ2n) is 11.3. The Morgan fingerprint density at radius 3 is 2.55 bits per heavy atom. The number of pyridine rings is 1. The summed E-state index contributed by atoms with van der Waals surface area (Å²) in [7, 11) is 1.83. The van der Waals surface area contributed by atoms with Gasteiger partial charge in [-0.2, -0.15) is 13.2 Å². The first-order valence-corrected chi connectivity index (χ1v) is 14.9. The van der Waals surface area contributed by atoms with Gasteiger partial charge < -0.3 is 20.4 Å². The molecule has 11 heteroatoms. The molecule has 2 aliphatic rings. The first kappa shape index (κ1) is 29.7. The van der Waals surface area contributed by atoms with E-state index >= 15 is 0 Å². The van der Waals surface area contributed by atoms with E-state index < -0.39 is 23.8 Å². The van der Waals surface area contributed by atoms with Gasteiger partial charge >= 0.3 is 12.2 Å². The van der Waals surface area contributed by atoms with Crippen molar-refractivity contribution in [1.82, 2.24) is 15.2 Å². The van der Waals surface area contributed by atoms with E-state index in [4.69, 9.17) is 11.6 Å².